The summed E-state index contributed by atoms with van der Waals surface area (Å²) in [5.41, 5.74) is 0.747. The number of sulfonamides is 1. The predicted molar refractivity (Wildman–Crippen MR) is 108 cm³/mol. The van der Waals surface area contributed by atoms with Gasteiger partial charge in [0.2, 0.25) is 10.0 Å². The smallest absolute Gasteiger partial charge is 0.257 e. The Hall–Kier alpha value is -2.40. The van der Waals surface area contributed by atoms with Gasteiger partial charge in [-0.2, -0.15) is 0 Å². The van der Waals surface area contributed by atoms with E-state index in [1.54, 1.807) is 0 Å². The lowest BCUT2D eigenvalue weighted by Gasteiger charge is -2.12. The molecule has 0 spiro atoms. The summed E-state index contributed by atoms with van der Waals surface area (Å²) in [7, 11) is -3.77. The second kappa shape index (κ2) is 8.15. The third kappa shape index (κ3) is 4.61. The topological polar surface area (TPSA) is 97.4 Å². The minimum Gasteiger partial charge on any atom is -0.377 e. The van der Waals surface area contributed by atoms with Crippen molar-refractivity contribution in [3.63, 3.8) is 0 Å². The van der Waals surface area contributed by atoms with Gasteiger partial charge in [-0.1, -0.05) is 17.4 Å². The molecule has 2 aromatic carbocycles. The molecule has 29 heavy (non-hydrogen) atoms. The largest absolute Gasteiger partial charge is 0.377 e. The number of carbonyl (C=O) groups is 1. The quantitative estimate of drug-likeness (QED) is 0.620. The lowest BCUT2D eigenvalue weighted by Crippen LogP contribution is -2.32. The van der Waals surface area contributed by atoms with Crippen molar-refractivity contribution >= 4 is 42.6 Å². The van der Waals surface area contributed by atoms with Crippen LogP contribution in [0.3, 0.4) is 0 Å². The highest BCUT2D eigenvalue weighted by Gasteiger charge is 2.21. The van der Waals surface area contributed by atoms with Crippen LogP contribution in [-0.4, -0.2) is 38.6 Å². The van der Waals surface area contributed by atoms with Gasteiger partial charge in [-0.25, -0.2) is 22.5 Å². The number of thiazole rings is 1. The first kappa shape index (κ1) is 19.9. The van der Waals surface area contributed by atoms with Gasteiger partial charge in [-0.15, -0.1) is 0 Å². The van der Waals surface area contributed by atoms with Crippen LogP contribution in [0, 0.1) is 5.82 Å². The molecular formula is C19H18FN3O4S2. The van der Waals surface area contributed by atoms with E-state index in [0.717, 1.165) is 24.2 Å². The van der Waals surface area contributed by atoms with E-state index in [1.165, 1.54) is 42.5 Å². The van der Waals surface area contributed by atoms with Gasteiger partial charge in [0, 0.05) is 18.7 Å². The van der Waals surface area contributed by atoms with Gasteiger partial charge in [-0.05, 0) is 49.2 Å². The molecule has 0 bridgehead atoms. The second-order valence-corrected chi connectivity index (χ2v) is 9.40. The van der Waals surface area contributed by atoms with Crippen molar-refractivity contribution in [1.29, 1.82) is 0 Å². The maximum Gasteiger partial charge on any atom is 0.257 e. The second-order valence-electron chi connectivity index (χ2n) is 6.60. The first-order valence-electron chi connectivity index (χ1n) is 8.99. The Kier molecular flexibility index (Phi) is 5.59. The number of ether oxygens (including phenoxy) is 1. The van der Waals surface area contributed by atoms with E-state index >= 15 is 0 Å². The van der Waals surface area contributed by atoms with E-state index in [1.807, 2.05) is 0 Å². The number of nitrogens with zero attached hydrogens (tertiary/aromatic N) is 1. The van der Waals surface area contributed by atoms with Crippen molar-refractivity contribution < 1.29 is 22.3 Å². The van der Waals surface area contributed by atoms with Crippen LogP contribution in [0.4, 0.5) is 9.52 Å². The fourth-order valence-electron chi connectivity index (χ4n) is 3.02. The van der Waals surface area contributed by atoms with E-state index in [9.17, 15) is 17.6 Å². The number of halogens is 1. The Labute approximate surface area is 171 Å². The first-order chi connectivity index (χ1) is 13.9. The first-order valence-corrected chi connectivity index (χ1v) is 11.3. The lowest BCUT2D eigenvalue weighted by atomic mass is 10.2. The summed E-state index contributed by atoms with van der Waals surface area (Å²) in [6, 6.07) is 9.92. The molecule has 1 saturated heterocycles. The minimum atomic E-state index is -3.77. The van der Waals surface area contributed by atoms with Crippen LogP contribution in [0.1, 0.15) is 23.2 Å². The Morgan fingerprint density at radius 1 is 1.28 bits per heavy atom. The predicted octanol–water partition coefficient (Wildman–Crippen LogP) is 3.15. The molecule has 0 saturated carbocycles. The summed E-state index contributed by atoms with van der Waals surface area (Å²) in [6.45, 7) is 0.835. The molecule has 1 unspecified atom stereocenters. The van der Waals surface area contributed by atoms with Crippen LogP contribution in [0.15, 0.2) is 47.4 Å². The number of rotatable bonds is 6. The van der Waals surface area contributed by atoms with Crippen molar-refractivity contribution in [3.05, 3.63) is 53.8 Å². The highest BCUT2D eigenvalue weighted by molar-refractivity contribution is 7.89. The van der Waals surface area contributed by atoms with Crippen LogP contribution in [0.25, 0.3) is 10.2 Å². The van der Waals surface area contributed by atoms with Gasteiger partial charge < -0.3 is 4.74 Å². The van der Waals surface area contributed by atoms with Crippen molar-refractivity contribution in [2.24, 2.45) is 0 Å². The van der Waals surface area contributed by atoms with E-state index < -0.39 is 15.9 Å². The van der Waals surface area contributed by atoms with Gasteiger partial charge in [0.15, 0.2) is 5.13 Å². The van der Waals surface area contributed by atoms with Crippen LogP contribution in [0.2, 0.25) is 0 Å². The molecule has 1 aromatic heterocycles. The molecule has 3 aromatic rings. The minimum absolute atomic E-state index is 0.00508. The summed E-state index contributed by atoms with van der Waals surface area (Å²) >= 11 is 1.14. The van der Waals surface area contributed by atoms with Gasteiger partial charge in [0.05, 0.1) is 21.2 Å². The fourth-order valence-corrected chi connectivity index (χ4v) is 5.01. The number of amides is 1. The molecule has 152 valence electrons. The summed E-state index contributed by atoms with van der Waals surface area (Å²) < 4.78 is 46.9. The Bertz CT molecular complexity index is 1160. The van der Waals surface area contributed by atoms with Crippen LogP contribution < -0.4 is 10.0 Å². The van der Waals surface area contributed by atoms with E-state index in [4.69, 9.17) is 4.74 Å². The monoisotopic (exact) mass is 435 g/mol. The summed E-state index contributed by atoms with van der Waals surface area (Å²) in [6.07, 6.45) is 1.61. The number of nitrogens with one attached hydrogen (secondary N) is 2. The zero-order valence-corrected chi connectivity index (χ0v) is 16.9. The van der Waals surface area contributed by atoms with Crippen molar-refractivity contribution in [1.82, 2.24) is 9.71 Å². The molecule has 0 radical (unpaired) electrons. The van der Waals surface area contributed by atoms with E-state index in [-0.39, 0.29) is 28.9 Å². The fraction of sp³-hybridized carbons (Fsp3) is 0.263. The molecular weight excluding hydrogens is 417 g/mol. The van der Waals surface area contributed by atoms with Crippen LogP contribution in [0.5, 0.6) is 0 Å². The Balaban J connectivity index is 1.48. The number of hydrogen-bond donors (Lipinski definition) is 2. The lowest BCUT2D eigenvalue weighted by molar-refractivity contribution is 0.102. The maximum absolute atomic E-state index is 13.3. The van der Waals surface area contributed by atoms with Gasteiger partial charge in [-0.3, -0.25) is 10.1 Å². The molecule has 10 heteroatoms. The number of aromatic nitrogens is 1. The number of hydrogen-bond acceptors (Lipinski definition) is 6. The zero-order chi connectivity index (χ0) is 20.4. The van der Waals surface area contributed by atoms with Crippen molar-refractivity contribution in [3.8, 4) is 0 Å². The van der Waals surface area contributed by atoms with Gasteiger partial charge in [0.25, 0.3) is 5.91 Å². The molecule has 2 N–H and O–H groups in total. The Morgan fingerprint density at radius 3 is 2.93 bits per heavy atom. The SMILES string of the molecule is O=C(Nc1nc2ccc(F)cc2s1)c1cccc(S(=O)(=O)NCC2CCCO2)c1. The number of benzene rings is 2. The summed E-state index contributed by atoms with van der Waals surface area (Å²) in [5, 5.41) is 2.94. The Morgan fingerprint density at radius 2 is 2.14 bits per heavy atom. The molecule has 7 nitrogen and oxygen atoms in total. The summed E-state index contributed by atoms with van der Waals surface area (Å²) in [5.74, 6) is -0.881. The molecule has 1 aliphatic rings. The van der Waals surface area contributed by atoms with Gasteiger partial charge in [0.1, 0.15) is 5.82 Å². The molecule has 1 amide bonds. The molecule has 1 aliphatic heterocycles. The highest BCUT2D eigenvalue weighted by Crippen LogP contribution is 2.27. The molecule has 2 heterocycles. The number of carbonyl (C=O) groups excluding carboxylic acids is 1. The van der Waals surface area contributed by atoms with E-state index in [0.29, 0.717) is 22.0 Å². The molecule has 4 rings (SSSR count). The summed E-state index contributed by atoms with van der Waals surface area (Å²) in [4.78, 5) is 16.8. The standard InChI is InChI=1S/C19H18FN3O4S2/c20-13-6-7-16-17(10-13)28-19(22-16)23-18(24)12-3-1-5-15(9-12)29(25,26)21-11-14-4-2-8-27-14/h1,3,5-7,9-10,14,21H,2,4,8,11H2,(H,22,23,24). The zero-order valence-electron chi connectivity index (χ0n) is 15.2. The molecule has 1 fully saturated rings. The van der Waals surface area contributed by atoms with Gasteiger partial charge >= 0.3 is 0 Å². The molecule has 1 atom stereocenters. The maximum atomic E-state index is 13.3. The van der Waals surface area contributed by atoms with Crippen LogP contribution in [-0.2, 0) is 14.8 Å². The van der Waals surface area contributed by atoms with Crippen LogP contribution >= 0.6 is 11.3 Å². The molecule has 0 aliphatic carbocycles. The normalized spacial score (nSPS) is 16.9. The third-order valence-electron chi connectivity index (χ3n) is 4.50. The third-order valence-corrected chi connectivity index (χ3v) is 6.86. The average molecular weight is 436 g/mol. The van der Waals surface area contributed by atoms with E-state index in [2.05, 4.69) is 15.0 Å². The van der Waals surface area contributed by atoms with Crippen molar-refractivity contribution in [2.45, 2.75) is 23.8 Å². The van der Waals surface area contributed by atoms with Crippen molar-refractivity contribution in [2.75, 3.05) is 18.5 Å². The number of fused-ring (bicyclic) bond motifs is 1. The number of anilines is 1. The highest BCUT2D eigenvalue weighted by atomic mass is 32.2. The average Bonchev–Trinajstić information content (AvgIpc) is 3.35.